The summed E-state index contributed by atoms with van der Waals surface area (Å²) in [4.78, 5) is 13.3. The summed E-state index contributed by atoms with van der Waals surface area (Å²) in [6, 6.07) is 13.6. The van der Waals surface area contributed by atoms with E-state index in [-0.39, 0.29) is 5.56 Å². The maximum absolute atomic E-state index is 12.4. The van der Waals surface area contributed by atoms with Crippen molar-refractivity contribution in [1.29, 1.82) is 0 Å². The van der Waals surface area contributed by atoms with Gasteiger partial charge in [0.2, 0.25) is 0 Å². The van der Waals surface area contributed by atoms with Crippen LogP contribution >= 0.6 is 11.3 Å². The van der Waals surface area contributed by atoms with E-state index in [0.29, 0.717) is 18.7 Å². The first-order chi connectivity index (χ1) is 11.0. The lowest BCUT2D eigenvalue weighted by molar-refractivity contribution is 0.0604. The fourth-order valence-corrected chi connectivity index (χ4v) is 3.52. The smallest absolute Gasteiger partial charge is 0.255 e. The Morgan fingerprint density at radius 3 is 2.78 bits per heavy atom. The predicted octanol–water partition coefficient (Wildman–Crippen LogP) is 2.60. The van der Waals surface area contributed by atoms with Crippen molar-refractivity contribution in [3.8, 4) is 0 Å². The topological polar surface area (TPSA) is 54.3 Å². The molecule has 0 radical (unpaired) electrons. The van der Waals surface area contributed by atoms with Crippen LogP contribution in [0.5, 0.6) is 0 Å². The van der Waals surface area contributed by atoms with Crippen molar-refractivity contribution in [3.63, 3.8) is 0 Å². The van der Waals surface area contributed by atoms with Gasteiger partial charge in [-0.05, 0) is 35.9 Å². The molecular weight excluding hydrogens is 308 g/mol. The average Bonchev–Trinajstić information content (AvgIpc) is 3.07. The number of aromatic nitrogens is 1. The molecule has 2 heterocycles. The van der Waals surface area contributed by atoms with Crippen LogP contribution in [0.2, 0.25) is 0 Å². The lowest BCUT2D eigenvalue weighted by Crippen LogP contribution is -2.36. The van der Waals surface area contributed by atoms with Gasteiger partial charge in [0.1, 0.15) is 5.60 Å². The normalized spacial score (nSPS) is 14.0. The lowest BCUT2D eigenvalue weighted by Gasteiger charge is -2.22. The molecule has 3 rings (SSSR count). The molecule has 23 heavy (non-hydrogen) atoms. The zero-order chi connectivity index (χ0) is 16.4. The molecule has 0 saturated carbocycles. The summed E-state index contributed by atoms with van der Waals surface area (Å²) in [6.07, 6.45) is 0. The lowest BCUT2D eigenvalue weighted by atomic mass is 10.1. The highest BCUT2D eigenvalue weighted by Crippen LogP contribution is 2.24. The molecule has 0 aliphatic heterocycles. The zero-order valence-corrected chi connectivity index (χ0v) is 14.1. The van der Waals surface area contributed by atoms with Crippen LogP contribution in [0.25, 0.3) is 10.9 Å². The molecule has 5 heteroatoms. The quantitative estimate of drug-likeness (QED) is 0.757. The average molecular weight is 328 g/mol. The Bertz CT molecular complexity index is 866. The highest BCUT2D eigenvalue weighted by atomic mass is 32.1. The number of hydrogen-bond donors (Lipinski definition) is 2. The third-order valence-electron chi connectivity index (χ3n) is 4.04. The molecule has 120 valence electrons. The summed E-state index contributed by atoms with van der Waals surface area (Å²) in [5.41, 5.74) is 0.683. The number of pyridine rings is 1. The number of aryl methyl sites for hydroxylation is 1. The number of aliphatic hydroxyl groups is 1. The van der Waals surface area contributed by atoms with Crippen LogP contribution < -0.4 is 10.9 Å². The molecule has 4 nitrogen and oxygen atoms in total. The van der Waals surface area contributed by atoms with Crippen LogP contribution in [0.3, 0.4) is 0 Å². The molecule has 0 saturated heterocycles. The van der Waals surface area contributed by atoms with Crippen molar-refractivity contribution < 1.29 is 5.11 Å². The summed E-state index contributed by atoms with van der Waals surface area (Å²) >= 11 is 1.53. The van der Waals surface area contributed by atoms with E-state index in [0.717, 1.165) is 15.8 Å². The molecule has 2 N–H and O–H groups in total. The van der Waals surface area contributed by atoms with Gasteiger partial charge in [0.15, 0.2) is 0 Å². The molecular formula is C18H20N2O2S. The van der Waals surface area contributed by atoms with Crippen LogP contribution in [0.15, 0.2) is 52.6 Å². The van der Waals surface area contributed by atoms with Crippen LogP contribution in [0, 0.1) is 0 Å². The Morgan fingerprint density at radius 2 is 2.04 bits per heavy atom. The second-order valence-electron chi connectivity index (χ2n) is 5.95. The molecule has 3 aromatic rings. The number of para-hydroxylation sites is 1. The molecule has 2 aromatic heterocycles. The van der Waals surface area contributed by atoms with Gasteiger partial charge in [-0.25, -0.2) is 0 Å². The fraction of sp³-hybridized carbons (Fsp3) is 0.278. The van der Waals surface area contributed by atoms with E-state index >= 15 is 0 Å². The van der Waals surface area contributed by atoms with Crippen LogP contribution in [0.4, 0.5) is 0 Å². The number of thiophene rings is 1. The number of nitrogens with zero attached hydrogens (tertiary/aromatic N) is 1. The van der Waals surface area contributed by atoms with E-state index in [2.05, 4.69) is 5.32 Å². The highest BCUT2D eigenvalue weighted by Gasteiger charge is 2.23. The molecule has 0 aliphatic rings. The van der Waals surface area contributed by atoms with E-state index < -0.39 is 5.60 Å². The van der Waals surface area contributed by atoms with Gasteiger partial charge in [-0.1, -0.05) is 24.3 Å². The van der Waals surface area contributed by atoms with Crippen LogP contribution in [-0.2, 0) is 19.2 Å². The number of rotatable bonds is 5. The van der Waals surface area contributed by atoms with Gasteiger partial charge in [0.05, 0.1) is 5.52 Å². The largest absolute Gasteiger partial charge is 0.383 e. The van der Waals surface area contributed by atoms with Crippen molar-refractivity contribution in [1.82, 2.24) is 9.88 Å². The standard InChI is InChI=1S/C18H20N2O2S/c1-18(22,16-8-5-9-23-16)12-19-11-14-10-13-6-3-4-7-15(13)20(2)17(14)21/h3-10,19,22H,11-12H2,1-2H3. The van der Waals surface area contributed by atoms with Gasteiger partial charge in [0.25, 0.3) is 5.56 Å². The molecule has 0 bridgehead atoms. The summed E-state index contributed by atoms with van der Waals surface area (Å²) in [5.74, 6) is 0. The number of nitrogens with one attached hydrogen (secondary N) is 1. The van der Waals surface area contributed by atoms with E-state index in [4.69, 9.17) is 0 Å². The molecule has 0 fully saturated rings. The van der Waals surface area contributed by atoms with Crippen LogP contribution in [0.1, 0.15) is 17.4 Å². The first-order valence-corrected chi connectivity index (χ1v) is 8.42. The van der Waals surface area contributed by atoms with E-state index in [1.54, 1.807) is 18.5 Å². The van der Waals surface area contributed by atoms with Gasteiger partial charge in [-0.15, -0.1) is 11.3 Å². The van der Waals surface area contributed by atoms with E-state index in [9.17, 15) is 9.90 Å². The van der Waals surface area contributed by atoms with Crippen molar-refractivity contribution >= 4 is 22.2 Å². The Morgan fingerprint density at radius 1 is 1.26 bits per heavy atom. The Labute approximate surface area is 139 Å². The molecule has 0 aliphatic carbocycles. The van der Waals surface area contributed by atoms with Gasteiger partial charge in [0, 0.05) is 30.6 Å². The number of benzene rings is 1. The van der Waals surface area contributed by atoms with Gasteiger partial charge in [-0.2, -0.15) is 0 Å². The maximum atomic E-state index is 12.4. The predicted molar refractivity (Wildman–Crippen MR) is 94.8 cm³/mol. The Hall–Kier alpha value is -1.95. The number of hydrogen-bond acceptors (Lipinski definition) is 4. The number of fused-ring (bicyclic) bond motifs is 1. The van der Waals surface area contributed by atoms with E-state index in [1.807, 2.05) is 47.8 Å². The third kappa shape index (κ3) is 3.22. The summed E-state index contributed by atoms with van der Waals surface area (Å²) in [6.45, 7) is 2.60. The second kappa shape index (κ2) is 6.28. The summed E-state index contributed by atoms with van der Waals surface area (Å²) < 4.78 is 1.67. The minimum absolute atomic E-state index is 0.00744. The van der Waals surface area contributed by atoms with Crippen molar-refractivity contribution in [2.24, 2.45) is 7.05 Å². The Kier molecular flexibility index (Phi) is 4.35. The highest BCUT2D eigenvalue weighted by molar-refractivity contribution is 7.10. The van der Waals surface area contributed by atoms with Crippen LogP contribution in [-0.4, -0.2) is 16.2 Å². The zero-order valence-electron chi connectivity index (χ0n) is 13.2. The van der Waals surface area contributed by atoms with Gasteiger partial charge >= 0.3 is 0 Å². The Balaban J connectivity index is 1.77. The molecule has 0 amide bonds. The van der Waals surface area contributed by atoms with Crippen molar-refractivity contribution in [2.45, 2.75) is 19.1 Å². The first kappa shape index (κ1) is 15.9. The summed E-state index contributed by atoms with van der Waals surface area (Å²) in [5, 5.41) is 16.7. The van der Waals surface area contributed by atoms with Crippen molar-refractivity contribution in [2.75, 3.05) is 6.54 Å². The summed E-state index contributed by atoms with van der Waals surface area (Å²) in [7, 11) is 1.79. The third-order valence-corrected chi connectivity index (χ3v) is 5.17. The molecule has 1 atom stereocenters. The van der Waals surface area contributed by atoms with E-state index in [1.165, 1.54) is 11.3 Å². The molecule has 1 unspecified atom stereocenters. The maximum Gasteiger partial charge on any atom is 0.255 e. The minimum atomic E-state index is -0.934. The second-order valence-corrected chi connectivity index (χ2v) is 6.89. The minimum Gasteiger partial charge on any atom is -0.383 e. The monoisotopic (exact) mass is 328 g/mol. The fourth-order valence-electron chi connectivity index (χ4n) is 2.73. The molecule has 1 aromatic carbocycles. The van der Waals surface area contributed by atoms with Crippen molar-refractivity contribution in [3.05, 3.63) is 68.6 Å². The molecule has 0 spiro atoms. The first-order valence-electron chi connectivity index (χ1n) is 7.54. The van der Waals surface area contributed by atoms with Gasteiger partial charge < -0.3 is 15.0 Å². The SMILES string of the molecule is Cn1c(=O)c(CNCC(C)(O)c2cccs2)cc2ccccc21. The van der Waals surface area contributed by atoms with Gasteiger partial charge in [-0.3, -0.25) is 4.79 Å².